The van der Waals surface area contributed by atoms with Crippen LogP contribution >= 0.6 is 11.6 Å². The third kappa shape index (κ3) is 7.67. The van der Waals surface area contributed by atoms with Gasteiger partial charge in [0.15, 0.2) is 0 Å². The molecule has 5 nitrogen and oxygen atoms in total. The van der Waals surface area contributed by atoms with Gasteiger partial charge in [0.25, 0.3) is 11.8 Å². The van der Waals surface area contributed by atoms with E-state index in [1.165, 1.54) is 29.5 Å². The number of nitrogens with zero attached hydrogens (tertiary/aromatic N) is 1. The van der Waals surface area contributed by atoms with Crippen molar-refractivity contribution >= 4 is 29.1 Å². The van der Waals surface area contributed by atoms with Crippen molar-refractivity contribution in [2.75, 3.05) is 31.5 Å². The van der Waals surface area contributed by atoms with Crippen molar-refractivity contribution in [3.63, 3.8) is 0 Å². The summed E-state index contributed by atoms with van der Waals surface area (Å²) in [5.74, 6) is 0.362. The quantitative estimate of drug-likeness (QED) is 0.314. The molecule has 0 spiro atoms. The van der Waals surface area contributed by atoms with Crippen LogP contribution in [0.1, 0.15) is 69.0 Å². The molecule has 0 bridgehead atoms. The maximum atomic E-state index is 12.5. The number of nitrogens with one attached hydrogen (secondary N) is 2. The Bertz CT molecular complexity index is 1200. The lowest BCUT2D eigenvalue weighted by Crippen LogP contribution is -2.34. The predicted molar refractivity (Wildman–Crippen MR) is 152 cm³/mol. The standard InChI is InChI=1S/C31H36ClN3O2/c1-22-5-6-23(2)29(21-22)24-15-19-35(20-16-24)18-4-3-17-33-30(36)25-9-13-28(14-10-25)34-31(37)26-7-11-27(32)12-8-26/h5-14,21,24H,3-4,15-20H2,1-2H3,(H,33,36)(H,34,37). The lowest BCUT2D eigenvalue weighted by atomic mass is 9.86. The number of carbonyl (C=O) groups is 2. The molecule has 0 unspecified atom stereocenters. The second kappa shape index (κ2) is 12.9. The lowest BCUT2D eigenvalue weighted by molar-refractivity contribution is 0.0951. The number of unbranched alkanes of at least 4 members (excludes halogenated alkanes) is 1. The molecule has 0 atom stereocenters. The number of aryl methyl sites for hydroxylation is 2. The number of hydrogen-bond donors (Lipinski definition) is 2. The van der Waals surface area contributed by atoms with E-state index in [2.05, 4.69) is 47.6 Å². The Kier molecular flexibility index (Phi) is 9.37. The molecule has 2 amide bonds. The van der Waals surface area contributed by atoms with E-state index in [1.807, 2.05) is 0 Å². The number of carbonyl (C=O) groups excluding carboxylic acids is 2. The Morgan fingerprint density at radius 3 is 2.22 bits per heavy atom. The van der Waals surface area contributed by atoms with Crippen LogP contribution in [0.3, 0.4) is 0 Å². The number of rotatable bonds is 9. The van der Waals surface area contributed by atoms with Crippen LogP contribution in [0, 0.1) is 13.8 Å². The summed E-state index contributed by atoms with van der Waals surface area (Å²) in [6.45, 7) is 8.43. The van der Waals surface area contributed by atoms with Crippen molar-refractivity contribution in [3.8, 4) is 0 Å². The minimum atomic E-state index is -0.219. The molecule has 194 valence electrons. The summed E-state index contributed by atoms with van der Waals surface area (Å²) < 4.78 is 0. The van der Waals surface area contributed by atoms with E-state index in [0.717, 1.165) is 32.5 Å². The van der Waals surface area contributed by atoms with Gasteiger partial charge >= 0.3 is 0 Å². The molecular formula is C31H36ClN3O2. The van der Waals surface area contributed by atoms with Crippen LogP contribution in [0.4, 0.5) is 5.69 Å². The minimum absolute atomic E-state index is 0.0927. The number of halogens is 1. The van der Waals surface area contributed by atoms with Gasteiger partial charge in [-0.2, -0.15) is 0 Å². The highest BCUT2D eigenvalue weighted by atomic mass is 35.5. The predicted octanol–water partition coefficient (Wildman–Crippen LogP) is 6.60. The first-order valence-electron chi connectivity index (χ1n) is 13.1. The summed E-state index contributed by atoms with van der Waals surface area (Å²) in [5.41, 5.74) is 6.03. The fraction of sp³-hybridized carbons (Fsp3) is 0.355. The molecule has 1 aliphatic rings. The number of likely N-dealkylation sites (tertiary alicyclic amines) is 1. The molecule has 1 aliphatic heterocycles. The molecule has 3 aromatic carbocycles. The number of piperidine rings is 1. The number of amides is 2. The molecule has 0 aromatic heterocycles. The largest absolute Gasteiger partial charge is 0.352 e. The maximum absolute atomic E-state index is 12.5. The van der Waals surface area contributed by atoms with Crippen molar-refractivity contribution in [2.45, 2.75) is 45.4 Å². The summed E-state index contributed by atoms with van der Waals surface area (Å²) in [7, 11) is 0. The molecule has 4 rings (SSSR count). The van der Waals surface area contributed by atoms with Gasteiger partial charge in [-0.15, -0.1) is 0 Å². The number of benzene rings is 3. The second-order valence-corrected chi connectivity index (χ2v) is 10.4. The van der Waals surface area contributed by atoms with Crippen molar-refractivity contribution in [1.29, 1.82) is 0 Å². The summed E-state index contributed by atoms with van der Waals surface area (Å²) in [6.07, 6.45) is 4.47. The summed E-state index contributed by atoms with van der Waals surface area (Å²) in [4.78, 5) is 27.4. The van der Waals surface area contributed by atoms with Gasteiger partial charge in [0, 0.05) is 28.4 Å². The zero-order chi connectivity index (χ0) is 26.2. The molecule has 6 heteroatoms. The molecule has 0 saturated carbocycles. The molecule has 1 fully saturated rings. The van der Waals surface area contributed by atoms with Crippen molar-refractivity contribution < 1.29 is 9.59 Å². The molecule has 0 aliphatic carbocycles. The Morgan fingerprint density at radius 1 is 0.865 bits per heavy atom. The summed E-state index contributed by atoms with van der Waals surface area (Å²) >= 11 is 5.87. The smallest absolute Gasteiger partial charge is 0.255 e. The monoisotopic (exact) mass is 517 g/mol. The Hall–Kier alpha value is -3.15. The van der Waals surface area contributed by atoms with Gasteiger partial charge in [-0.05, 0) is 125 Å². The fourth-order valence-electron chi connectivity index (χ4n) is 4.94. The Morgan fingerprint density at radius 2 is 1.51 bits per heavy atom. The zero-order valence-corrected chi connectivity index (χ0v) is 22.5. The first kappa shape index (κ1) is 26.9. The highest BCUT2D eigenvalue weighted by molar-refractivity contribution is 6.30. The normalized spacial score (nSPS) is 14.4. The van der Waals surface area contributed by atoms with E-state index in [-0.39, 0.29) is 11.8 Å². The Labute approximate surface area is 225 Å². The van der Waals surface area contributed by atoms with Crippen LogP contribution in [0.25, 0.3) is 0 Å². The minimum Gasteiger partial charge on any atom is -0.352 e. The van der Waals surface area contributed by atoms with E-state index >= 15 is 0 Å². The first-order valence-corrected chi connectivity index (χ1v) is 13.5. The van der Waals surface area contributed by atoms with Crippen LogP contribution in [-0.2, 0) is 0 Å². The molecule has 3 aromatic rings. The van der Waals surface area contributed by atoms with Gasteiger partial charge in [0.05, 0.1) is 0 Å². The highest BCUT2D eigenvalue weighted by Crippen LogP contribution is 2.31. The van der Waals surface area contributed by atoms with Gasteiger partial charge in [-0.25, -0.2) is 0 Å². The first-order chi connectivity index (χ1) is 17.9. The van der Waals surface area contributed by atoms with Crippen LogP contribution in [0.15, 0.2) is 66.7 Å². The van der Waals surface area contributed by atoms with Crippen molar-refractivity contribution in [2.24, 2.45) is 0 Å². The average molecular weight is 518 g/mol. The Balaban J connectivity index is 1.13. The van der Waals surface area contributed by atoms with Crippen LogP contribution in [0.2, 0.25) is 5.02 Å². The molecule has 1 saturated heterocycles. The van der Waals surface area contributed by atoms with E-state index in [4.69, 9.17) is 11.6 Å². The van der Waals surface area contributed by atoms with E-state index in [0.29, 0.717) is 34.3 Å². The topological polar surface area (TPSA) is 61.4 Å². The number of anilines is 1. The number of hydrogen-bond acceptors (Lipinski definition) is 3. The SMILES string of the molecule is Cc1ccc(C)c(C2CCN(CCCCNC(=O)c3ccc(NC(=O)c4ccc(Cl)cc4)cc3)CC2)c1. The summed E-state index contributed by atoms with van der Waals surface area (Å²) in [6, 6.07) is 20.5. The van der Waals surface area contributed by atoms with Crippen LogP contribution in [0.5, 0.6) is 0 Å². The van der Waals surface area contributed by atoms with Crippen LogP contribution < -0.4 is 10.6 Å². The van der Waals surface area contributed by atoms with E-state index in [1.54, 1.807) is 48.5 Å². The highest BCUT2D eigenvalue weighted by Gasteiger charge is 2.21. The lowest BCUT2D eigenvalue weighted by Gasteiger charge is -2.33. The fourth-order valence-corrected chi connectivity index (χ4v) is 5.07. The molecule has 2 N–H and O–H groups in total. The molecular weight excluding hydrogens is 482 g/mol. The van der Waals surface area contributed by atoms with Gasteiger partial charge in [0.1, 0.15) is 0 Å². The summed E-state index contributed by atoms with van der Waals surface area (Å²) in [5, 5.41) is 6.43. The zero-order valence-electron chi connectivity index (χ0n) is 21.7. The van der Waals surface area contributed by atoms with Gasteiger partial charge < -0.3 is 15.5 Å². The second-order valence-electron chi connectivity index (χ2n) is 9.98. The van der Waals surface area contributed by atoms with E-state index < -0.39 is 0 Å². The third-order valence-electron chi connectivity index (χ3n) is 7.16. The molecule has 1 heterocycles. The maximum Gasteiger partial charge on any atom is 0.255 e. The molecule has 0 radical (unpaired) electrons. The third-order valence-corrected chi connectivity index (χ3v) is 7.41. The van der Waals surface area contributed by atoms with Crippen LogP contribution in [-0.4, -0.2) is 42.9 Å². The van der Waals surface area contributed by atoms with Gasteiger partial charge in [-0.3, -0.25) is 9.59 Å². The van der Waals surface area contributed by atoms with Crippen molar-refractivity contribution in [1.82, 2.24) is 10.2 Å². The van der Waals surface area contributed by atoms with Gasteiger partial charge in [0.2, 0.25) is 0 Å². The van der Waals surface area contributed by atoms with Gasteiger partial charge in [-0.1, -0.05) is 35.4 Å². The average Bonchev–Trinajstić information content (AvgIpc) is 2.91. The molecule has 37 heavy (non-hydrogen) atoms. The van der Waals surface area contributed by atoms with Crippen molar-refractivity contribution in [3.05, 3.63) is 99.6 Å². The van der Waals surface area contributed by atoms with E-state index in [9.17, 15) is 9.59 Å².